The minimum absolute atomic E-state index is 0.0840. The smallest absolute Gasteiger partial charge is 0.337 e. The van der Waals surface area contributed by atoms with Crippen LogP contribution in [-0.4, -0.2) is 32.0 Å². The van der Waals surface area contributed by atoms with Crippen LogP contribution >= 0.6 is 0 Å². The number of benzene rings is 2. The van der Waals surface area contributed by atoms with Crippen LogP contribution in [0.3, 0.4) is 0 Å². The molecule has 0 radical (unpaired) electrons. The fourth-order valence-corrected chi connectivity index (χ4v) is 3.56. The van der Waals surface area contributed by atoms with Crippen molar-refractivity contribution in [3.8, 4) is 0 Å². The van der Waals surface area contributed by atoms with Gasteiger partial charge in [0.25, 0.3) is 15.9 Å². The van der Waals surface area contributed by atoms with E-state index in [1.807, 2.05) is 17.0 Å². The zero-order valence-electron chi connectivity index (χ0n) is 14.6. The predicted molar refractivity (Wildman–Crippen MR) is 98.5 cm³/mol. The number of nitrogens with one attached hydrogen (secondary N) is 2. The topological polar surface area (TPSA) is 106 Å². The molecule has 0 saturated heterocycles. The summed E-state index contributed by atoms with van der Waals surface area (Å²) in [6, 6.07) is 12.6. The molecule has 140 valence electrons. The molecule has 0 aliphatic rings. The zero-order valence-corrected chi connectivity index (χ0v) is 15.4. The number of aromatic nitrogens is 1. The molecule has 1 aromatic heterocycles. The molecular weight excluding hydrogens is 370 g/mol. The summed E-state index contributed by atoms with van der Waals surface area (Å²) in [5, 5.41) is 0.699. The molecule has 0 unspecified atom stereocenters. The van der Waals surface area contributed by atoms with Crippen LogP contribution in [-0.2, 0) is 21.8 Å². The number of esters is 1. The summed E-state index contributed by atoms with van der Waals surface area (Å²) < 4.78 is 31.2. The number of hydrogen-bond acceptors (Lipinski definition) is 5. The molecule has 0 atom stereocenters. The van der Waals surface area contributed by atoms with E-state index in [-0.39, 0.29) is 10.5 Å². The van der Waals surface area contributed by atoms with Gasteiger partial charge in [0.15, 0.2) is 0 Å². The van der Waals surface area contributed by atoms with E-state index in [0.29, 0.717) is 10.9 Å². The minimum Gasteiger partial charge on any atom is -0.465 e. The van der Waals surface area contributed by atoms with Crippen LogP contribution < -0.4 is 10.3 Å². The SMILES string of the molecule is COC(=O)c1cccc(S(=O)(=O)NNC(=O)c2cn(C)c3ccccc23)c1. The largest absolute Gasteiger partial charge is 0.465 e. The highest BCUT2D eigenvalue weighted by Crippen LogP contribution is 2.20. The van der Waals surface area contributed by atoms with E-state index in [4.69, 9.17) is 0 Å². The zero-order chi connectivity index (χ0) is 19.6. The summed E-state index contributed by atoms with van der Waals surface area (Å²) in [5.41, 5.74) is 3.46. The van der Waals surface area contributed by atoms with Gasteiger partial charge in [0, 0.05) is 24.1 Å². The summed E-state index contributed by atoms with van der Waals surface area (Å²) in [4.78, 5) is 25.9. The lowest BCUT2D eigenvalue weighted by Gasteiger charge is -2.09. The van der Waals surface area contributed by atoms with Crippen molar-refractivity contribution >= 4 is 32.8 Å². The molecule has 0 spiro atoms. The third kappa shape index (κ3) is 3.69. The number of hydrogen-bond donors (Lipinski definition) is 2. The van der Waals surface area contributed by atoms with E-state index < -0.39 is 21.9 Å². The minimum atomic E-state index is -4.07. The maximum atomic E-state index is 12.4. The van der Waals surface area contributed by atoms with Crippen LogP contribution in [0.1, 0.15) is 20.7 Å². The normalized spacial score (nSPS) is 11.3. The molecule has 8 nitrogen and oxygen atoms in total. The number of carbonyl (C=O) groups excluding carboxylic acids is 2. The molecule has 2 aromatic carbocycles. The van der Waals surface area contributed by atoms with Crippen molar-refractivity contribution in [1.29, 1.82) is 0 Å². The first-order valence-corrected chi connectivity index (χ1v) is 9.36. The number of rotatable bonds is 5. The first kappa shape index (κ1) is 18.6. The van der Waals surface area contributed by atoms with E-state index >= 15 is 0 Å². The Bertz CT molecular complexity index is 1130. The predicted octanol–water partition coefficient (Wildman–Crippen LogP) is 1.59. The first-order valence-electron chi connectivity index (χ1n) is 7.88. The molecule has 0 saturated carbocycles. The van der Waals surface area contributed by atoms with Crippen molar-refractivity contribution < 1.29 is 22.7 Å². The monoisotopic (exact) mass is 387 g/mol. The first-order chi connectivity index (χ1) is 12.8. The maximum absolute atomic E-state index is 12.4. The van der Waals surface area contributed by atoms with E-state index in [0.717, 1.165) is 11.6 Å². The van der Waals surface area contributed by atoms with E-state index in [9.17, 15) is 18.0 Å². The number of nitrogens with zero attached hydrogens (tertiary/aromatic N) is 1. The Morgan fingerprint density at radius 1 is 1.07 bits per heavy atom. The number of hydrazine groups is 1. The number of carbonyl (C=O) groups is 2. The number of amides is 1. The van der Waals surface area contributed by atoms with Crippen molar-refractivity contribution in [3.05, 3.63) is 65.9 Å². The lowest BCUT2D eigenvalue weighted by atomic mass is 10.2. The Hall–Kier alpha value is -3.17. The molecule has 1 heterocycles. The third-order valence-corrected chi connectivity index (χ3v) is 5.25. The van der Waals surface area contributed by atoms with Crippen molar-refractivity contribution in [2.45, 2.75) is 4.90 Å². The van der Waals surface area contributed by atoms with Crippen molar-refractivity contribution in [2.24, 2.45) is 7.05 Å². The van der Waals surface area contributed by atoms with Gasteiger partial charge < -0.3 is 9.30 Å². The van der Waals surface area contributed by atoms with Crippen LogP contribution in [0, 0.1) is 0 Å². The summed E-state index contributed by atoms with van der Waals surface area (Å²) in [6.45, 7) is 0. The summed E-state index contributed by atoms with van der Waals surface area (Å²) in [6.07, 6.45) is 1.62. The lowest BCUT2D eigenvalue weighted by molar-refractivity contribution is 0.0600. The highest BCUT2D eigenvalue weighted by molar-refractivity contribution is 7.89. The van der Waals surface area contributed by atoms with Crippen LogP contribution in [0.4, 0.5) is 0 Å². The fourth-order valence-electron chi connectivity index (χ4n) is 2.67. The average molecular weight is 387 g/mol. The van der Waals surface area contributed by atoms with Crippen LogP contribution in [0.5, 0.6) is 0 Å². The Morgan fingerprint density at radius 3 is 2.56 bits per heavy atom. The Labute approximate surface area is 155 Å². The van der Waals surface area contributed by atoms with E-state index in [1.54, 1.807) is 29.9 Å². The molecular formula is C18H17N3O5S. The second kappa shape index (κ2) is 7.22. The molecule has 0 aliphatic carbocycles. The number of ether oxygens (including phenoxy) is 1. The van der Waals surface area contributed by atoms with Gasteiger partial charge in [-0.3, -0.25) is 10.2 Å². The van der Waals surface area contributed by atoms with Crippen LogP contribution in [0.15, 0.2) is 59.6 Å². The molecule has 0 aliphatic heterocycles. The van der Waals surface area contributed by atoms with Crippen LogP contribution in [0.25, 0.3) is 10.9 Å². The highest BCUT2D eigenvalue weighted by atomic mass is 32.2. The Balaban J connectivity index is 1.81. The summed E-state index contributed by atoms with van der Waals surface area (Å²) >= 11 is 0. The van der Waals surface area contributed by atoms with Gasteiger partial charge in [-0.1, -0.05) is 24.3 Å². The van der Waals surface area contributed by atoms with Gasteiger partial charge in [0.2, 0.25) is 0 Å². The molecule has 2 N–H and O–H groups in total. The second-order valence-electron chi connectivity index (χ2n) is 5.75. The summed E-state index contributed by atoms with van der Waals surface area (Å²) in [5.74, 6) is -1.26. The lowest BCUT2D eigenvalue weighted by Crippen LogP contribution is -2.41. The Kier molecular flexibility index (Phi) is 4.98. The molecule has 3 rings (SSSR count). The number of para-hydroxylation sites is 1. The number of aryl methyl sites for hydroxylation is 1. The number of sulfonamides is 1. The van der Waals surface area contributed by atoms with Crippen molar-refractivity contribution in [3.63, 3.8) is 0 Å². The summed E-state index contributed by atoms with van der Waals surface area (Å²) in [7, 11) is -1.08. The Morgan fingerprint density at radius 2 is 1.81 bits per heavy atom. The molecule has 3 aromatic rings. The van der Waals surface area contributed by atoms with Gasteiger partial charge in [-0.2, -0.15) is 0 Å². The van der Waals surface area contributed by atoms with Gasteiger partial charge in [-0.05, 0) is 24.3 Å². The van der Waals surface area contributed by atoms with Crippen molar-refractivity contribution in [1.82, 2.24) is 14.8 Å². The molecule has 1 amide bonds. The second-order valence-corrected chi connectivity index (χ2v) is 7.43. The van der Waals surface area contributed by atoms with Gasteiger partial charge in [-0.15, -0.1) is 4.83 Å². The van der Waals surface area contributed by atoms with Gasteiger partial charge in [0.1, 0.15) is 0 Å². The third-order valence-electron chi connectivity index (χ3n) is 4.01. The molecule has 27 heavy (non-hydrogen) atoms. The fraction of sp³-hybridized carbons (Fsp3) is 0.111. The molecule has 9 heteroatoms. The van der Waals surface area contributed by atoms with E-state index in [2.05, 4.69) is 10.2 Å². The molecule has 0 fully saturated rings. The quantitative estimate of drug-likeness (QED) is 0.511. The molecule has 0 bridgehead atoms. The van der Waals surface area contributed by atoms with Crippen LogP contribution in [0.2, 0.25) is 0 Å². The van der Waals surface area contributed by atoms with Gasteiger partial charge >= 0.3 is 5.97 Å². The van der Waals surface area contributed by atoms with E-state index in [1.165, 1.54) is 25.3 Å². The number of fused-ring (bicyclic) bond motifs is 1. The highest BCUT2D eigenvalue weighted by Gasteiger charge is 2.19. The van der Waals surface area contributed by atoms with Gasteiger partial charge in [0.05, 0.1) is 23.1 Å². The number of methoxy groups -OCH3 is 1. The maximum Gasteiger partial charge on any atom is 0.337 e. The average Bonchev–Trinajstić information content (AvgIpc) is 3.03. The standard InChI is InChI=1S/C18H17N3O5S/c1-21-11-15(14-8-3-4-9-16(14)21)17(22)19-20-27(24,25)13-7-5-6-12(10-13)18(23)26-2/h3-11,20H,1-2H3,(H,19,22). The van der Waals surface area contributed by atoms with Crippen molar-refractivity contribution in [2.75, 3.05) is 7.11 Å². The van der Waals surface area contributed by atoms with Gasteiger partial charge in [-0.25, -0.2) is 13.2 Å².